The molecule has 1 atom stereocenters. The van der Waals surface area contributed by atoms with Crippen LogP contribution < -0.4 is 5.32 Å². The minimum atomic E-state index is -1.06. The average Bonchev–Trinajstić information content (AvgIpc) is 2.56. The highest BCUT2D eigenvalue weighted by atomic mass is 32.2. The largest absolute Gasteiger partial charge is 0.480 e. The van der Waals surface area contributed by atoms with Gasteiger partial charge in [0.15, 0.2) is 0 Å². The standard InChI is InChI=1S/C8H13NO4S/c10-7(3-13-4-8(11)12)9-6-1-2-14-5-6/h6H,1-5H2,(H,9,10)(H,11,12). The summed E-state index contributed by atoms with van der Waals surface area (Å²) in [4.78, 5) is 21.2. The van der Waals surface area contributed by atoms with E-state index < -0.39 is 12.6 Å². The van der Waals surface area contributed by atoms with Crippen LogP contribution in [0, 0.1) is 0 Å². The Morgan fingerprint density at radius 2 is 2.29 bits per heavy atom. The average molecular weight is 219 g/mol. The van der Waals surface area contributed by atoms with Crippen molar-refractivity contribution in [1.82, 2.24) is 5.32 Å². The van der Waals surface area contributed by atoms with E-state index in [4.69, 9.17) is 5.11 Å². The first-order valence-electron chi connectivity index (χ1n) is 4.35. The van der Waals surface area contributed by atoms with Crippen LogP contribution in [-0.2, 0) is 14.3 Å². The van der Waals surface area contributed by atoms with E-state index in [1.54, 1.807) is 11.8 Å². The van der Waals surface area contributed by atoms with Crippen molar-refractivity contribution in [3.05, 3.63) is 0 Å². The predicted octanol–water partition coefficient (Wildman–Crippen LogP) is -0.291. The quantitative estimate of drug-likeness (QED) is 0.664. The van der Waals surface area contributed by atoms with Gasteiger partial charge in [-0.25, -0.2) is 4.79 Å². The lowest BCUT2D eigenvalue weighted by molar-refractivity contribution is -0.143. The van der Waals surface area contributed by atoms with E-state index in [1.807, 2.05) is 0 Å². The molecule has 0 radical (unpaired) electrons. The Morgan fingerprint density at radius 3 is 2.86 bits per heavy atom. The molecular weight excluding hydrogens is 206 g/mol. The number of amides is 1. The van der Waals surface area contributed by atoms with Crippen LogP contribution >= 0.6 is 11.8 Å². The molecule has 1 heterocycles. The molecule has 1 rings (SSSR count). The summed E-state index contributed by atoms with van der Waals surface area (Å²) < 4.78 is 4.65. The van der Waals surface area contributed by atoms with Gasteiger partial charge < -0.3 is 15.2 Å². The lowest BCUT2D eigenvalue weighted by Crippen LogP contribution is -2.37. The minimum Gasteiger partial charge on any atom is -0.480 e. The molecule has 0 aromatic carbocycles. The lowest BCUT2D eigenvalue weighted by atomic mass is 10.2. The molecular formula is C8H13NO4S. The number of rotatable bonds is 5. The van der Waals surface area contributed by atoms with Gasteiger partial charge in [-0.15, -0.1) is 0 Å². The van der Waals surface area contributed by atoms with Gasteiger partial charge in [-0.1, -0.05) is 0 Å². The third-order valence-electron chi connectivity index (χ3n) is 1.75. The number of carbonyl (C=O) groups excluding carboxylic acids is 1. The summed E-state index contributed by atoms with van der Waals surface area (Å²) in [5.74, 6) is 0.707. The van der Waals surface area contributed by atoms with Crippen LogP contribution in [0.3, 0.4) is 0 Å². The Morgan fingerprint density at radius 1 is 1.50 bits per heavy atom. The Labute approximate surface area is 86.2 Å². The van der Waals surface area contributed by atoms with Crippen LogP contribution in [0.1, 0.15) is 6.42 Å². The third kappa shape index (κ3) is 4.48. The summed E-state index contributed by atoms with van der Waals surface area (Å²) in [5, 5.41) is 11.0. The van der Waals surface area contributed by atoms with Crippen molar-refractivity contribution in [3.8, 4) is 0 Å². The van der Waals surface area contributed by atoms with Crippen molar-refractivity contribution in [2.45, 2.75) is 12.5 Å². The fourth-order valence-corrected chi connectivity index (χ4v) is 2.30. The molecule has 1 saturated heterocycles. The number of aliphatic carboxylic acids is 1. The molecule has 14 heavy (non-hydrogen) atoms. The van der Waals surface area contributed by atoms with Gasteiger partial charge in [0.25, 0.3) is 0 Å². The molecule has 1 aliphatic heterocycles. The van der Waals surface area contributed by atoms with Gasteiger partial charge in [0.2, 0.25) is 5.91 Å². The van der Waals surface area contributed by atoms with E-state index in [0.29, 0.717) is 0 Å². The van der Waals surface area contributed by atoms with Gasteiger partial charge in [0, 0.05) is 11.8 Å². The summed E-state index contributed by atoms with van der Waals surface area (Å²) in [6, 6.07) is 0.223. The van der Waals surface area contributed by atoms with Crippen molar-refractivity contribution in [2.24, 2.45) is 0 Å². The van der Waals surface area contributed by atoms with Crippen molar-refractivity contribution < 1.29 is 19.4 Å². The minimum absolute atomic E-state index is 0.173. The number of nitrogens with one attached hydrogen (secondary N) is 1. The number of carboxylic acids is 1. The van der Waals surface area contributed by atoms with E-state index in [2.05, 4.69) is 10.1 Å². The zero-order chi connectivity index (χ0) is 10.4. The number of hydrogen-bond donors (Lipinski definition) is 2. The van der Waals surface area contributed by atoms with Crippen LogP contribution in [0.2, 0.25) is 0 Å². The second-order valence-electron chi connectivity index (χ2n) is 3.01. The summed E-state index contributed by atoms with van der Waals surface area (Å²) in [5.41, 5.74) is 0. The number of ether oxygens (including phenoxy) is 1. The van der Waals surface area contributed by atoms with Crippen molar-refractivity contribution in [2.75, 3.05) is 24.7 Å². The molecule has 1 amide bonds. The van der Waals surface area contributed by atoms with Crippen LogP contribution in [0.4, 0.5) is 0 Å². The first-order valence-corrected chi connectivity index (χ1v) is 5.50. The number of carboxylic acid groups (broad SMARTS) is 1. The fraction of sp³-hybridized carbons (Fsp3) is 0.750. The first-order chi connectivity index (χ1) is 6.68. The van der Waals surface area contributed by atoms with Gasteiger partial charge in [-0.05, 0) is 12.2 Å². The zero-order valence-electron chi connectivity index (χ0n) is 7.69. The second kappa shape index (κ2) is 5.87. The number of hydrogen-bond acceptors (Lipinski definition) is 4. The summed E-state index contributed by atoms with van der Waals surface area (Å²) in [6.45, 7) is -0.597. The molecule has 0 spiro atoms. The Balaban J connectivity index is 2.06. The predicted molar refractivity (Wildman–Crippen MR) is 52.3 cm³/mol. The first kappa shape index (κ1) is 11.3. The maximum absolute atomic E-state index is 11.1. The molecule has 0 saturated carbocycles. The summed E-state index contributed by atoms with van der Waals surface area (Å²) in [6.07, 6.45) is 0.981. The third-order valence-corrected chi connectivity index (χ3v) is 2.92. The van der Waals surface area contributed by atoms with Gasteiger partial charge >= 0.3 is 5.97 Å². The zero-order valence-corrected chi connectivity index (χ0v) is 8.51. The molecule has 1 aliphatic rings. The Hall–Kier alpha value is -0.750. The molecule has 1 unspecified atom stereocenters. The van der Waals surface area contributed by atoms with Gasteiger partial charge in [-0.2, -0.15) is 11.8 Å². The van der Waals surface area contributed by atoms with Gasteiger partial charge in [0.1, 0.15) is 13.2 Å². The second-order valence-corrected chi connectivity index (χ2v) is 4.16. The van der Waals surface area contributed by atoms with Crippen molar-refractivity contribution in [1.29, 1.82) is 0 Å². The Kier molecular flexibility index (Phi) is 4.75. The highest BCUT2D eigenvalue weighted by Crippen LogP contribution is 2.16. The highest BCUT2D eigenvalue weighted by molar-refractivity contribution is 7.99. The highest BCUT2D eigenvalue weighted by Gasteiger charge is 2.17. The summed E-state index contributed by atoms with van der Waals surface area (Å²) in [7, 11) is 0. The molecule has 0 aromatic rings. The van der Waals surface area contributed by atoms with Crippen LogP contribution in [0.5, 0.6) is 0 Å². The van der Waals surface area contributed by atoms with Gasteiger partial charge in [0.05, 0.1) is 0 Å². The van der Waals surface area contributed by atoms with E-state index in [-0.39, 0.29) is 18.6 Å². The maximum atomic E-state index is 11.1. The topological polar surface area (TPSA) is 75.6 Å². The molecule has 0 aliphatic carbocycles. The molecule has 2 N–H and O–H groups in total. The summed E-state index contributed by atoms with van der Waals surface area (Å²) >= 11 is 1.80. The van der Waals surface area contributed by atoms with Crippen molar-refractivity contribution >= 4 is 23.6 Å². The number of carbonyl (C=O) groups is 2. The van der Waals surface area contributed by atoms with Gasteiger partial charge in [-0.3, -0.25) is 4.79 Å². The van der Waals surface area contributed by atoms with E-state index in [1.165, 1.54) is 0 Å². The van der Waals surface area contributed by atoms with Crippen LogP contribution in [0.25, 0.3) is 0 Å². The maximum Gasteiger partial charge on any atom is 0.329 e. The molecule has 6 heteroatoms. The van der Waals surface area contributed by atoms with E-state index in [0.717, 1.165) is 17.9 Å². The fourth-order valence-electron chi connectivity index (χ4n) is 1.15. The molecule has 1 fully saturated rings. The van der Waals surface area contributed by atoms with Crippen LogP contribution in [0.15, 0.2) is 0 Å². The monoisotopic (exact) mass is 219 g/mol. The smallest absolute Gasteiger partial charge is 0.329 e. The van der Waals surface area contributed by atoms with Crippen LogP contribution in [-0.4, -0.2) is 47.7 Å². The Bertz CT molecular complexity index is 215. The molecule has 0 aromatic heterocycles. The van der Waals surface area contributed by atoms with E-state index >= 15 is 0 Å². The molecule has 5 nitrogen and oxygen atoms in total. The van der Waals surface area contributed by atoms with E-state index in [9.17, 15) is 9.59 Å². The van der Waals surface area contributed by atoms with Crippen molar-refractivity contribution in [3.63, 3.8) is 0 Å². The molecule has 80 valence electrons. The number of thioether (sulfide) groups is 1. The molecule has 0 bridgehead atoms. The lowest BCUT2D eigenvalue weighted by Gasteiger charge is -2.10. The normalized spacial score (nSPS) is 20.7. The SMILES string of the molecule is O=C(O)COCC(=O)NC1CCSC1.